The molecule has 3 nitrogen and oxygen atoms in total. The maximum atomic E-state index is 8.91. The first-order chi connectivity index (χ1) is 8.54. The standard InChI is InChI=1S/C7H8Br2N2.C6H12O/c8-5-1-4(3-10)7(11)6(9)2-5;7-6-4-2-1-3-5-6/h1-2H,3,10-11H2;6-7H,1-5H2. The van der Waals surface area contributed by atoms with E-state index in [-0.39, 0.29) is 6.10 Å². The molecule has 0 amide bonds. The van der Waals surface area contributed by atoms with Crippen LogP contribution in [0.4, 0.5) is 5.69 Å². The van der Waals surface area contributed by atoms with Gasteiger partial charge in [0.25, 0.3) is 0 Å². The predicted octanol–water partition coefficient (Wildman–Crippen LogP) is 3.56. The van der Waals surface area contributed by atoms with Gasteiger partial charge in [0.15, 0.2) is 0 Å². The van der Waals surface area contributed by atoms with Gasteiger partial charge >= 0.3 is 0 Å². The Balaban J connectivity index is 0.000000199. The quantitative estimate of drug-likeness (QED) is 0.653. The van der Waals surface area contributed by atoms with Crippen LogP contribution in [0, 0.1) is 0 Å². The highest BCUT2D eigenvalue weighted by Crippen LogP contribution is 2.27. The van der Waals surface area contributed by atoms with Crippen LogP contribution in [-0.2, 0) is 6.54 Å². The molecule has 1 fully saturated rings. The topological polar surface area (TPSA) is 72.3 Å². The van der Waals surface area contributed by atoms with Gasteiger partial charge in [-0.2, -0.15) is 0 Å². The monoisotopic (exact) mass is 378 g/mol. The Hall–Kier alpha value is -0.100. The molecule has 0 saturated heterocycles. The molecule has 0 heterocycles. The summed E-state index contributed by atoms with van der Waals surface area (Å²) in [6.45, 7) is 0.462. The Morgan fingerprint density at radius 1 is 1.17 bits per heavy atom. The minimum atomic E-state index is 0.0359. The fourth-order valence-corrected chi connectivity index (χ4v) is 3.20. The largest absolute Gasteiger partial charge is 0.398 e. The number of aliphatic hydroxyl groups is 1. The number of halogens is 2. The summed E-state index contributed by atoms with van der Waals surface area (Å²) in [7, 11) is 0. The number of hydrogen-bond acceptors (Lipinski definition) is 3. The zero-order chi connectivity index (χ0) is 13.5. The van der Waals surface area contributed by atoms with Crippen LogP contribution in [0.5, 0.6) is 0 Å². The number of benzene rings is 1. The first kappa shape index (κ1) is 16.0. The summed E-state index contributed by atoms with van der Waals surface area (Å²) >= 11 is 6.67. The molecule has 0 radical (unpaired) electrons. The van der Waals surface area contributed by atoms with Gasteiger partial charge in [0.2, 0.25) is 0 Å². The second-order valence-corrected chi connectivity index (χ2v) is 6.23. The first-order valence-corrected chi connectivity index (χ1v) is 7.74. The summed E-state index contributed by atoms with van der Waals surface area (Å²) in [5, 5.41) is 8.91. The van der Waals surface area contributed by atoms with E-state index in [1.54, 1.807) is 0 Å². The number of rotatable bonds is 1. The molecular formula is C13H20Br2N2O. The van der Waals surface area contributed by atoms with Crippen molar-refractivity contribution in [3.8, 4) is 0 Å². The summed E-state index contributed by atoms with van der Waals surface area (Å²) in [4.78, 5) is 0. The van der Waals surface area contributed by atoms with Gasteiger partial charge in [-0.1, -0.05) is 35.2 Å². The second-order valence-electron chi connectivity index (χ2n) is 4.46. The Labute approximate surface area is 125 Å². The molecule has 0 spiro atoms. The van der Waals surface area contributed by atoms with Crippen molar-refractivity contribution < 1.29 is 5.11 Å². The van der Waals surface area contributed by atoms with E-state index in [2.05, 4.69) is 31.9 Å². The van der Waals surface area contributed by atoms with E-state index in [9.17, 15) is 0 Å². The van der Waals surface area contributed by atoms with Gasteiger partial charge in [-0.3, -0.25) is 0 Å². The molecule has 1 aromatic rings. The minimum absolute atomic E-state index is 0.0359. The number of nitrogen functional groups attached to an aromatic ring is 1. The SMILES string of the molecule is NCc1cc(Br)cc(Br)c1N.OC1CCCCC1. The van der Waals surface area contributed by atoms with Gasteiger partial charge in [-0.25, -0.2) is 0 Å². The number of nitrogens with two attached hydrogens (primary N) is 2. The second kappa shape index (κ2) is 8.15. The van der Waals surface area contributed by atoms with Crippen LogP contribution in [0.1, 0.15) is 37.7 Å². The van der Waals surface area contributed by atoms with Crippen molar-refractivity contribution in [2.45, 2.75) is 44.8 Å². The lowest BCUT2D eigenvalue weighted by Gasteiger charge is -2.14. The summed E-state index contributed by atoms with van der Waals surface area (Å²) in [5.41, 5.74) is 12.8. The number of anilines is 1. The molecular weight excluding hydrogens is 360 g/mol. The number of aliphatic hydroxyl groups excluding tert-OH is 1. The molecule has 5 heteroatoms. The highest BCUT2D eigenvalue weighted by atomic mass is 79.9. The van der Waals surface area contributed by atoms with Gasteiger partial charge in [-0.15, -0.1) is 0 Å². The lowest BCUT2D eigenvalue weighted by Crippen LogP contribution is -2.09. The third kappa shape index (κ3) is 5.26. The normalized spacial score (nSPS) is 16.0. The summed E-state index contributed by atoms with van der Waals surface area (Å²) < 4.78 is 1.87. The summed E-state index contributed by atoms with van der Waals surface area (Å²) in [6, 6.07) is 3.81. The molecule has 5 N–H and O–H groups in total. The molecule has 1 aliphatic carbocycles. The average molecular weight is 380 g/mol. The van der Waals surface area contributed by atoms with E-state index >= 15 is 0 Å². The third-order valence-electron chi connectivity index (χ3n) is 2.97. The first-order valence-electron chi connectivity index (χ1n) is 6.16. The smallest absolute Gasteiger partial charge is 0.0540 e. The zero-order valence-electron chi connectivity index (χ0n) is 10.3. The van der Waals surface area contributed by atoms with Gasteiger partial charge in [0, 0.05) is 15.5 Å². The molecule has 18 heavy (non-hydrogen) atoms. The summed E-state index contributed by atoms with van der Waals surface area (Å²) in [6.07, 6.45) is 5.92. The Bertz CT molecular complexity index is 379. The molecule has 1 aliphatic rings. The van der Waals surface area contributed by atoms with Gasteiger partial charge in [0.1, 0.15) is 0 Å². The van der Waals surface area contributed by atoms with E-state index < -0.39 is 0 Å². The third-order valence-corrected chi connectivity index (χ3v) is 4.09. The molecule has 0 aromatic heterocycles. The molecule has 102 valence electrons. The van der Waals surface area contributed by atoms with Crippen LogP contribution < -0.4 is 11.5 Å². The van der Waals surface area contributed by atoms with Crippen molar-refractivity contribution in [2.75, 3.05) is 5.73 Å². The minimum Gasteiger partial charge on any atom is -0.398 e. The van der Waals surface area contributed by atoms with Crippen LogP contribution in [0.3, 0.4) is 0 Å². The Kier molecular flexibility index (Phi) is 7.22. The highest BCUT2D eigenvalue weighted by molar-refractivity contribution is 9.11. The Morgan fingerprint density at radius 2 is 1.78 bits per heavy atom. The van der Waals surface area contributed by atoms with Crippen LogP contribution >= 0.6 is 31.9 Å². The van der Waals surface area contributed by atoms with Gasteiger partial charge < -0.3 is 16.6 Å². The predicted molar refractivity (Wildman–Crippen MR) is 83.2 cm³/mol. The molecule has 0 bridgehead atoms. The van der Waals surface area contributed by atoms with Crippen molar-refractivity contribution >= 4 is 37.5 Å². The fourth-order valence-electron chi connectivity index (χ4n) is 1.89. The van der Waals surface area contributed by atoms with E-state index in [0.717, 1.165) is 33.0 Å². The van der Waals surface area contributed by atoms with Crippen LogP contribution in [0.15, 0.2) is 21.1 Å². The molecule has 0 unspecified atom stereocenters. The van der Waals surface area contributed by atoms with Gasteiger partial charge in [-0.05, 0) is 46.5 Å². The molecule has 1 aromatic carbocycles. The lowest BCUT2D eigenvalue weighted by molar-refractivity contribution is 0.130. The van der Waals surface area contributed by atoms with Crippen LogP contribution in [0.2, 0.25) is 0 Å². The number of hydrogen-bond donors (Lipinski definition) is 3. The fraction of sp³-hybridized carbons (Fsp3) is 0.538. The molecule has 0 aliphatic heterocycles. The van der Waals surface area contributed by atoms with Gasteiger partial charge in [0.05, 0.1) is 11.8 Å². The van der Waals surface area contributed by atoms with Crippen molar-refractivity contribution in [3.05, 3.63) is 26.6 Å². The van der Waals surface area contributed by atoms with E-state index in [0.29, 0.717) is 6.54 Å². The summed E-state index contributed by atoms with van der Waals surface area (Å²) in [5.74, 6) is 0. The molecule has 0 atom stereocenters. The maximum Gasteiger partial charge on any atom is 0.0540 e. The molecule has 1 saturated carbocycles. The lowest BCUT2D eigenvalue weighted by atomic mass is 9.98. The van der Waals surface area contributed by atoms with E-state index in [1.807, 2.05) is 12.1 Å². The zero-order valence-corrected chi connectivity index (χ0v) is 13.5. The van der Waals surface area contributed by atoms with Crippen molar-refractivity contribution in [2.24, 2.45) is 5.73 Å². The average Bonchev–Trinajstić information content (AvgIpc) is 2.35. The van der Waals surface area contributed by atoms with Crippen molar-refractivity contribution in [1.82, 2.24) is 0 Å². The van der Waals surface area contributed by atoms with Crippen LogP contribution in [-0.4, -0.2) is 11.2 Å². The Morgan fingerprint density at radius 3 is 2.22 bits per heavy atom. The van der Waals surface area contributed by atoms with Crippen molar-refractivity contribution in [3.63, 3.8) is 0 Å². The van der Waals surface area contributed by atoms with E-state index in [4.69, 9.17) is 16.6 Å². The molecule has 2 rings (SSSR count). The highest BCUT2D eigenvalue weighted by Gasteiger charge is 2.07. The van der Waals surface area contributed by atoms with Crippen LogP contribution in [0.25, 0.3) is 0 Å². The van der Waals surface area contributed by atoms with Crippen molar-refractivity contribution in [1.29, 1.82) is 0 Å². The maximum absolute atomic E-state index is 8.91. The van der Waals surface area contributed by atoms with E-state index in [1.165, 1.54) is 19.3 Å².